The van der Waals surface area contributed by atoms with Crippen molar-refractivity contribution in [3.05, 3.63) is 42.5 Å². The molecular formula is C15H17NO3S. The summed E-state index contributed by atoms with van der Waals surface area (Å²) >= 11 is 0. The van der Waals surface area contributed by atoms with Crippen LogP contribution in [0, 0.1) is 5.92 Å². The predicted octanol–water partition coefficient (Wildman–Crippen LogP) is 1.78. The van der Waals surface area contributed by atoms with E-state index in [1.807, 2.05) is 30.3 Å². The van der Waals surface area contributed by atoms with E-state index in [2.05, 4.69) is 0 Å². The highest BCUT2D eigenvalue weighted by Crippen LogP contribution is 2.28. The molecule has 20 heavy (non-hydrogen) atoms. The number of carbonyl (C=O) groups excluding carboxylic acids is 1. The minimum Gasteiger partial charge on any atom is -0.369 e. The van der Waals surface area contributed by atoms with Gasteiger partial charge in [0.25, 0.3) is 5.91 Å². The molecule has 0 radical (unpaired) electrons. The van der Waals surface area contributed by atoms with E-state index >= 15 is 0 Å². The normalized spacial score (nSPS) is 16.0. The van der Waals surface area contributed by atoms with Crippen molar-refractivity contribution in [1.29, 1.82) is 0 Å². The van der Waals surface area contributed by atoms with Crippen molar-refractivity contribution in [2.75, 3.05) is 0 Å². The van der Waals surface area contributed by atoms with E-state index in [1.165, 1.54) is 0 Å². The first-order valence-electron chi connectivity index (χ1n) is 6.30. The molecule has 0 spiro atoms. The Morgan fingerprint density at radius 1 is 1.20 bits per heavy atom. The molecule has 0 aliphatic rings. The molecule has 0 saturated carbocycles. The molecule has 0 heterocycles. The Morgan fingerprint density at radius 3 is 2.35 bits per heavy atom. The molecule has 0 saturated heterocycles. The van der Waals surface area contributed by atoms with Crippen LogP contribution in [0.3, 0.4) is 0 Å². The number of benzene rings is 2. The number of hydrogen-bond acceptors (Lipinski definition) is 3. The molecule has 3 N–H and O–H groups in total. The van der Waals surface area contributed by atoms with E-state index < -0.39 is 27.6 Å². The number of fused-ring (bicyclic) bond motifs is 1. The lowest BCUT2D eigenvalue weighted by molar-refractivity contribution is -0.131. The van der Waals surface area contributed by atoms with Gasteiger partial charge in [0.15, 0.2) is 0 Å². The van der Waals surface area contributed by atoms with Crippen molar-refractivity contribution >= 4 is 27.5 Å². The Kier molecular flexibility index (Phi) is 3.92. The summed E-state index contributed by atoms with van der Waals surface area (Å²) in [5, 5.41) is 12.3. The number of aliphatic hydroxyl groups is 1. The molecule has 1 amide bonds. The van der Waals surface area contributed by atoms with Crippen molar-refractivity contribution in [3.63, 3.8) is 0 Å². The molecule has 0 fully saturated rings. The summed E-state index contributed by atoms with van der Waals surface area (Å²) in [7, 11) is -1.92. The summed E-state index contributed by atoms with van der Waals surface area (Å²) in [6.07, 6.45) is 0. The van der Waals surface area contributed by atoms with Crippen molar-refractivity contribution in [3.8, 4) is 0 Å². The monoisotopic (exact) mass is 291 g/mol. The summed E-state index contributed by atoms with van der Waals surface area (Å²) in [4.78, 5) is 9.84. The summed E-state index contributed by atoms with van der Waals surface area (Å²) in [5.41, 5.74) is 5.24. The van der Waals surface area contributed by atoms with Gasteiger partial charge in [0.1, 0.15) is 0 Å². The fourth-order valence-electron chi connectivity index (χ4n) is 2.05. The van der Waals surface area contributed by atoms with Gasteiger partial charge in [-0.3, -0.25) is 9.00 Å². The van der Waals surface area contributed by atoms with Gasteiger partial charge in [-0.2, -0.15) is 0 Å². The average molecular weight is 291 g/mol. The van der Waals surface area contributed by atoms with Gasteiger partial charge in [0, 0.05) is 10.8 Å². The van der Waals surface area contributed by atoms with Crippen molar-refractivity contribution in [2.24, 2.45) is 11.7 Å². The maximum atomic E-state index is 12.6. The molecule has 2 aromatic carbocycles. The zero-order valence-electron chi connectivity index (χ0n) is 11.4. The van der Waals surface area contributed by atoms with Gasteiger partial charge in [0.2, 0.25) is 4.93 Å². The first-order valence-corrected chi connectivity index (χ1v) is 7.45. The largest absolute Gasteiger partial charge is 0.369 e. The topological polar surface area (TPSA) is 80.4 Å². The zero-order chi connectivity index (χ0) is 14.9. The molecule has 4 nitrogen and oxygen atoms in total. The Balaban J connectivity index is 2.52. The minimum absolute atomic E-state index is 0.388. The summed E-state index contributed by atoms with van der Waals surface area (Å²) in [6, 6.07) is 12.8. The predicted molar refractivity (Wildman–Crippen MR) is 79.3 cm³/mol. The van der Waals surface area contributed by atoms with Gasteiger partial charge in [-0.05, 0) is 22.9 Å². The van der Waals surface area contributed by atoms with E-state index in [4.69, 9.17) is 5.73 Å². The highest BCUT2D eigenvalue weighted by atomic mass is 32.2. The van der Waals surface area contributed by atoms with Crippen LogP contribution in [-0.2, 0) is 15.6 Å². The van der Waals surface area contributed by atoms with Crippen LogP contribution in [0.2, 0.25) is 0 Å². The number of amides is 1. The summed E-state index contributed by atoms with van der Waals surface area (Å²) in [5.74, 6) is -1.52. The van der Waals surface area contributed by atoms with Gasteiger partial charge in [-0.1, -0.05) is 44.2 Å². The molecule has 2 aromatic rings. The van der Waals surface area contributed by atoms with Crippen LogP contribution < -0.4 is 5.73 Å². The first kappa shape index (κ1) is 14.7. The van der Waals surface area contributed by atoms with Crippen LogP contribution >= 0.6 is 0 Å². The van der Waals surface area contributed by atoms with Crippen molar-refractivity contribution in [2.45, 2.75) is 23.7 Å². The van der Waals surface area contributed by atoms with E-state index in [0.29, 0.717) is 4.90 Å². The molecule has 0 aliphatic carbocycles. The van der Waals surface area contributed by atoms with Crippen LogP contribution in [0.4, 0.5) is 0 Å². The third-order valence-electron chi connectivity index (χ3n) is 3.35. The second-order valence-electron chi connectivity index (χ2n) is 4.99. The Hall–Kier alpha value is -1.72. The standard InChI is InChI=1S/C15H17NO3S/c1-10(2)15(18,14(16)17)20(19)13-8-7-11-5-3-4-6-12(11)9-13/h3-10,18H,1-2H3,(H2,16,17). The minimum atomic E-state index is -2.07. The fraction of sp³-hybridized carbons (Fsp3) is 0.267. The van der Waals surface area contributed by atoms with Crippen LogP contribution in [0.5, 0.6) is 0 Å². The quantitative estimate of drug-likeness (QED) is 0.901. The maximum absolute atomic E-state index is 12.6. The maximum Gasteiger partial charge on any atom is 0.263 e. The highest BCUT2D eigenvalue weighted by Gasteiger charge is 2.44. The van der Waals surface area contributed by atoms with Gasteiger partial charge in [-0.25, -0.2) is 0 Å². The number of nitrogens with two attached hydrogens (primary N) is 1. The van der Waals surface area contributed by atoms with Gasteiger partial charge < -0.3 is 10.8 Å². The third-order valence-corrected chi connectivity index (χ3v) is 5.27. The second-order valence-corrected chi connectivity index (χ2v) is 6.62. The van der Waals surface area contributed by atoms with Crippen LogP contribution in [0.25, 0.3) is 10.8 Å². The second kappa shape index (κ2) is 5.34. The lowest BCUT2D eigenvalue weighted by Crippen LogP contribution is -2.51. The molecule has 2 rings (SSSR count). The van der Waals surface area contributed by atoms with Crippen LogP contribution in [-0.4, -0.2) is 20.2 Å². The van der Waals surface area contributed by atoms with E-state index in [9.17, 15) is 14.1 Å². The molecular weight excluding hydrogens is 274 g/mol. The Bertz CT molecular complexity index is 684. The third kappa shape index (κ3) is 2.34. The van der Waals surface area contributed by atoms with E-state index in [1.54, 1.807) is 26.0 Å². The number of hydrogen-bond donors (Lipinski definition) is 2. The molecule has 2 atom stereocenters. The molecule has 106 valence electrons. The van der Waals surface area contributed by atoms with Crippen molar-refractivity contribution in [1.82, 2.24) is 0 Å². The smallest absolute Gasteiger partial charge is 0.263 e. The number of rotatable bonds is 4. The Morgan fingerprint density at radius 2 is 1.80 bits per heavy atom. The fourth-order valence-corrected chi connectivity index (χ4v) is 3.45. The molecule has 5 heteroatoms. The summed E-state index contributed by atoms with van der Waals surface area (Å²) in [6.45, 7) is 3.23. The average Bonchev–Trinajstić information content (AvgIpc) is 2.44. The molecule has 0 aromatic heterocycles. The Labute approximate surface area is 120 Å². The van der Waals surface area contributed by atoms with E-state index in [-0.39, 0.29) is 0 Å². The highest BCUT2D eigenvalue weighted by molar-refractivity contribution is 7.87. The lowest BCUT2D eigenvalue weighted by Gasteiger charge is -2.27. The number of carbonyl (C=O) groups is 1. The molecule has 0 bridgehead atoms. The van der Waals surface area contributed by atoms with E-state index in [0.717, 1.165) is 10.8 Å². The zero-order valence-corrected chi connectivity index (χ0v) is 12.2. The summed E-state index contributed by atoms with van der Waals surface area (Å²) < 4.78 is 12.6. The van der Waals surface area contributed by atoms with Gasteiger partial charge in [-0.15, -0.1) is 0 Å². The molecule has 0 aliphatic heterocycles. The van der Waals surface area contributed by atoms with Gasteiger partial charge in [0.05, 0.1) is 10.8 Å². The van der Waals surface area contributed by atoms with Gasteiger partial charge >= 0.3 is 0 Å². The lowest BCUT2D eigenvalue weighted by atomic mass is 10.1. The number of primary amides is 1. The van der Waals surface area contributed by atoms with Crippen LogP contribution in [0.15, 0.2) is 47.4 Å². The van der Waals surface area contributed by atoms with Crippen molar-refractivity contribution < 1.29 is 14.1 Å². The first-order chi connectivity index (χ1) is 9.37. The molecule has 2 unspecified atom stereocenters. The van der Waals surface area contributed by atoms with Crippen LogP contribution in [0.1, 0.15) is 13.8 Å². The SMILES string of the molecule is CC(C)C(O)(C(N)=O)S(=O)c1ccc2ccccc2c1.